The van der Waals surface area contributed by atoms with Crippen molar-refractivity contribution in [3.8, 4) is 0 Å². The van der Waals surface area contributed by atoms with Crippen LogP contribution in [0.5, 0.6) is 0 Å². The van der Waals surface area contributed by atoms with Gasteiger partial charge in [0.2, 0.25) is 0 Å². The number of hydrogen-bond acceptors (Lipinski definition) is 3. The van der Waals surface area contributed by atoms with E-state index in [0.29, 0.717) is 6.42 Å². The lowest BCUT2D eigenvalue weighted by molar-refractivity contribution is 0.276. The number of furan rings is 1. The van der Waals surface area contributed by atoms with Gasteiger partial charge in [0.05, 0.1) is 6.61 Å². The molecule has 2 N–H and O–H groups in total. The maximum atomic E-state index is 8.61. The van der Waals surface area contributed by atoms with Crippen LogP contribution in [0, 0.1) is 0 Å². The average molecular weight is 170 g/mol. The summed E-state index contributed by atoms with van der Waals surface area (Å²) in [6.07, 6.45) is 2.06. The molecule has 68 valence electrons. The Morgan fingerprint density at radius 3 is 2.25 bits per heavy atom. The average Bonchev–Trinajstić information content (AvgIpc) is 2.50. The molecule has 1 heterocycles. The summed E-state index contributed by atoms with van der Waals surface area (Å²) >= 11 is 0. The molecule has 0 atom stereocenters. The van der Waals surface area contributed by atoms with Crippen molar-refractivity contribution >= 4 is 0 Å². The van der Waals surface area contributed by atoms with Gasteiger partial charge in [-0.05, 0) is 18.6 Å². The highest BCUT2D eigenvalue weighted by Crippen LogP contribution is 2.09. The number of aliphatic hydroxyl groups is 2. The van der Waals surface area contributed by atoms with E-state index in [1.807, 2.05) is 12.1 Å². The van der Waals surface area contributed by atoms with Gasteiger partial charge in [0, 0.05) is 19.4 Å². The molecule has 0 spiro atoms. The molecule has 0 fully saturated rings. The number of rotatable bonds is 5. The summed E-state index contributed by atoms with van der Waals surface area (Å²) in [5, 5.41) is 17.2. The van der Waals surface area contributed by atoms with Gasteiger partial charge in [0.1, 0.15) is 11.5 Å². The zero-order chi connectivity index (χ0) is 8.81. The molecule has 12 heavy (non-hydrogen) atoms. The second-order valence-corrected chi connectivity index (χ2v) is 2.67. The lowest BCUT2D eigenvalue weighted by Gasteiger charge is -1.93. The topological polar surface area (TPSA) is 53.6 Å². The van der Waals surface area contributed by atoms with E-state index < -0.39 is 0 Å². The second-order valence-electron chi connectivity index (χ2n) is 2.67. The van der Waals surface area contributed by atoms with Gasteiger partial charge in [-0.3, -0.25) is 0 Å². The summed E-state index contributed by atoms with van der Waals surface area (Å²) in [5.74, 6) is 1.69. The fraction of sp³-hybridized carbons (Fsp3) is 0.556. The predicted molar refractivity (Wildman–Crippen MR) is 44.9 cm³/mol. The van der Waals surface area contributed by atoms with Crippen LogP contribution >= 0.6 is 0 Å². The predicted octanol–water partition coefficient (Wildman–Crippen LogP) is 0.739. The first kappa shape index (κ1) is 9.29. The summed E-state index contributed by atoms with van der Waals surface area (Å²) in [5.41, 5.74) is 0. The molecule has 0 bridgehead atoms. The number of aryl methyl sites for hydroxylation is 1. The molecule has 3 heteroatoms. The van der Waals surface area contributed by atoms with Gasteiger partial charge in [-0.25, -0.2) is 0 Å². The Kier molecular flexibility index (Phi) is 3.84. The molecule has 0 aliphatic heterocycles. The van der Waals surface area contributed by atoms with E-state index >= 15 is 0 Å². The number of aliphatic hydroxyl groups excluding tert-OH is 2. The second kappa shape index (κ2) is 4.95. The number of hydrogen-bond donors (Lipinski definition) is 2. The van der Waals surface area contributed by atoms with Crippen LogP contribution in [0.2, 0.25) is 0 Å². The van der Waals surface area contributed by atoms with Crippen molar-refractivity contribution in [2.75, 3.05) is 13.2 Å². The summed E-state index contributed by atoms with van der Waals surface area (Å²) in [6.45, 7) is 0.309. The van der Waals surface area contributed by atoms with E-state index in [1.165, 1.54) is 0 Å². The van der Waals surface area contributed by atoms with E-state index in [1.54, 1.807) is 0 Å². The van der Waals surface area contributed by atoms with Crippen LogP contribution in [0.15, 0.2) is 16.5 Å². The largest absolute Gasteiger partial charge is 0.466 e. The van der Waals surface area contributed by atoms with Gasteiger partial charge >= 0.3 is 0 Å². The minimum atomic E-state index is 0.118. The molecule has 1 rings (SSSR count). The van der Waals surface area contributed by atoms with Crippen LogP contribution in [-0.4, -0.2) is 23.4 Å². The summed E-state index contributed by atoms with van der Waals surface area (Å²) in [7, 11) is 0. The van der Waals surface area contributed by atoms with Crippen molar-refractivity contribution in [3.63, 3.8) is 0 Å². The smallest absolute Gasteiger partial charge is 0.106 e. The molecule has 0 aliphatic carbocycles. The van der Waals surface area contributed by atoms with Crippen LogP contribution in [0.3, 0.4) is 0 Å². The Labute approximate surface area is 71.6 Å². The third-order valence-corrected chi connectivity index (χ3v) is 1.66. The fourth-order valence-electron chi connectivity index (χ4n) is 1.05. The van der Waals surface area contributed by atoms with Gasteiger partial charge < -0.3 is 14.6 Å². The molecule has 0 radical (unpaired) electrons. The van der Waals surface area contributed by atoms with Crippen molar-refractivity contribution in [2.24, 2.45) is 0 Å². The molecular formula is C9H14O3. The van der Waals surface area contributed by atoms with Gasteiger partial charge in [0.15, 0.2) is 0 Å². The SMILES string of the molecule is OCCCc1ccc(CCO)o1. The summed E-state index contributed by atoms with van der Waals surface area (Å²) < 4.78 is 5.36. The Morgan fingerprint density at radius 1 is 1.00 bits per heavy atom. The molecular weight excluding hydrogens is 156 g/mol. The molecule has 0 unspecified atom stereocenters. The van der Waals surface area contributed by atoms with Crippen molar-refractivity contribution in [1.82, 2.24) is 0 Å². The lowest BCUT2D eigenvalue weighted by atomic mass is 10.2. The first-order valence-electron chi connectivity index (χ1n) is 4.16. The van der Waals surface area contributed by atoms with Gasteiger partial charge in [-0.15, -0.1) is 0 Å². The minimum absolute atomic E-state index is 0.118. The van der Waals surface area contributed by atoms with Crippen molar-refractivity contribution < 1.29 is 14.6 Å². The monoisotopic (exact) mass is 170 g/mol. The van der Waals surface area contributed by atoms with Crippen molar-refractivity contribution in [3.05, 3.63) is 23.7 Å². The Morgan fingerprint density at radius 2 is 1.67 bits per heavy atom. The maximum Gasteiger partial charge on any atom is 0.106 e. The molecule has 0 aromatic carbocycles. The zero-order valence-corrected chi connectivity index (χ0v) is 6.99. The first-order valence-corrected chi connectivity index (χ1v) is 4.16. The third-order valence-electron chi connectivity index (χ3n) is 1.66. The van der Waals surface area contributed by atoms with E-state index in [2.05, 4.69) is 0 Å². The lowest BCUT2D eigenvalue weighted by Crippen LogP contribution is -1.88. The van der Waals surface area contributed by atoms with E-state index in [9.17, 15) is 0 Å². The quantitative estimate of drug-likeness (QED) is 0.685. The molecule has 1 aromatic heterocycles. The van der Waals surface area contributed by atoms with Gasteiger partial charge in [-0.2, -0.15) is 0 Å². The molecule has 0 aliphatic rings. The molecule has 0 saturated heterocycles. The van der Waals surface area contributed by atoms with Crippen LogP contribution in [0.4, 0.5) is 0 Å². The van der Waals surface area contributed by atoms with Crippen molar-refractivity contribution in [1.29, 1.82) is 0 Å². The fourth-order valence-corrected chi connectivity index (χ4v) is 1.05. The highest BCUT2D eigenvalue weighted by Gasteiger charge is 2.00. The maximum absolute atomic E-state index is 8.61. The summed E-state index contributed by atoms with van der Waals surface area (Å²) in [4.78, 5) is 0. The Balaban J connectivity index is 2.41. The van der Waals surface area contributed by atoms with Crippen LogP contribution in [0.25, 0.3) is 0 Å². The highest BCUT2D eigenvalue weighted by atomic mass is 16.3. The molecule has 0 saturated carbocycles. The van der Waals surface area contributed by atoms with E-state index in [4.69, 9.17) is 14.6 Å². The normalized spacial score (nSPS) is 10.5. The standard InChI is InChI=1S/C9H14O3/c10-6-1-2-8-3-4-9(12-8)5-7-11/h3-4,10-11H,1-2,5-7H2. The molecule has 0 amide bonds. The molecule has 3 nitrogen and oxygen atoms in total. The van der Waals surface area contributed by atoms with Crippen LogP contribution < -0.4 is 0 Å². The van der Waals surface area contributed by atoms with Crippen molar-refractivity contribution in [2.45, 2.75) is 19.3 Å². The zero-order valence-electron chi connectivity index (χ0n) is 6.99. The molecule has 1 aromatic rings. The minimum Gasteiger partial charge on any atom is -0.466 e. The Bertz CT molecular complexity index is 217. The van der Waals surface area contributed by atoms with E-state index in [-0.39, 0.29) is 13.2 Å². The van der Waals surface area contributed by atoms with E-state index in [0.717, 1.165) is 24.4 Å². The third kappa shape index (κ3) is 2.68. The Hall–Kier alpha value is -0.800. The van der Waals surface area contributed by atoms with Gasteiger partial charge in [0.25, 0.3) is 0 Å². The van der Waals surface area contributed by atoms with Crippen LogP contribution in [0.1, 0.15) is 17.9 Å². The summed E-state index contributed by atoms with van der Waals surface area (Å²) in [6, 6.07) is 3.75. The van der Waals surface area contributed by atoms with Crippen LogP contribution in [-0.2, 0) is 12.8 Å². The highest BCUT2D eigenvalue weighted by molar-refractivity contribution is 5.07. The van der Waals surface area contributed by atoms with Gasteiger partial charge in [-0.1, -0.05) is 0 Å². The first-order chi connectivity index (χ1) is 5.86.